The van der Waals surface area contributed by atoms with E-state index in [1.54, 1.807) is 31.6 Å². The highest BCUT2D eigenvalue weighted by Gasteiger charge is 2.45. The zero-order valence-electron chi connectivity index (χ0n) is 39.3. The van der Waals surface area contributed by atoms with Crippen molar-refractivity contribution in [3.05, 3.63) is 101 Å². The third kappa shape index (κ3) is 11.5. The highest BCUT2D eigenvalue weighted by Crippen LogP contribution is 2.33. The largest absolute Gasteiger partial charge is 0.495 e. The van der Waals surface area contributed by atoms with Gasteiger partial charge in [0.05, 0.1) is 70.7 Å². The molecule has 0 spiro atoms. The third-order valence-electron chi connectivity index (χ3n) is 12.2. The van der Waals surface area contributed by atoms with E-state index in [-0.39, 0.29) is 43.3 Å². The average Bonchev–Trinajstić information content (AvgIpc) is 3.93. The number of pyridine rings is 2. The summed E-state index contributed by atoms with van der Waals surface area (Å²) in [6, 6.07) is 16.9. The molecule has 18 heteroatoms. The minimum atomic E-state index is -0.929. The second-order valence-corrected chi connectivity index (χ2v) is 19.0. The minimum Gasteiger partial charge on any atom is -0.495 e. The van der Waals surface area contributed by atoms with E-state index < -0.39 is 29.5 Å². The Hall–Kier alpha value is -6.63. The standard InChI is InChI=1S/C49H61N11O6S/c1-29-21-41(56-42-23-37(35(24-51-42)46(63)50-7)55-36-11-9-10-12-40(36)66-8)52-25-39(29)59-19-17-58(18-20-59)27-43(62)57-45(49(4,5)6)48(65)60-26-34(61)22-38(60)47(64)54-30(2)32-13-15-33(16-14-32)44-31(3)53-28-67-44/h9-16,21,23-25,28,30,34,38,45,61H,17-20,22,26-27H2,1-8H3,(H,50,63)(H,54,64)(H,57,62)(H2,51,52,55,56)/t30-,34+,38-,45+/m0/s1. The Kier molecular flexibility index (Phi) is 15.1. The van der Waals surface area contributed by atoms with Crippen LogP contribution >= 0.6 is 11.3 Å². The van der Waals surface area contributed by atoms with Crippen molar-refractivity contribution in [2.75, 3.05) is 69.0 Å². The molecule has 4 atom stereocenters. The Morgan fingerprint density at radius 3 is 2.25 bits per heavy atom. The van der Waals surface area contributed by atoms with Crippen molar-refractivity contribution in [3.8, 4) is 16.2 Å². The Labute approximate surface area is 395 Å². The number of β-amino-alcohol motifs (C(OH)–C–C–N with tert-alkyl or cyclic N) is 1. The highest BCUT2D eigenvalue weighted by molar-refractivity contribution is 7.13. The zero-order valence-corrected chi connectivity index (χ0v) is 40.2. The van der Waals surface area contributed by atoms with E-state index in [1.807, 2.05) is 108 Å². The van der Waals surface area contributed by atoms with Crippen LogP contribution in [0.25, 0.3) is 10.4 Å². The molecule has 67 heavy (non-hydrogen) atoms. The molecule has 5 aromatic rings. The number of nitrogens with one attached hydrogen (secondary N) is 5. The maximum atomic E-state index is 14.3. The molecule has 2 aromatic carbocycles. The first-order chi connectivity index (χ1) is 32.0. The summed E-state index contributed by atoms with van der Waals surface area (Å²) in [6.45, 7) is 14.1. The minimum absolute atomic E-state index is 0.00376. The monoisotopic (exact) mass is 931 g/mol. The molecule has 3 aromatic heterocycles. The van der Waals surface area contributed by atoms with Gasteiger partial charge in [0.1, 0.15) is 29.5 Å². The predicted molar refractivity (Wildman–Crippen MR) is 261 cm³/mol. The van der Waals surface area contributed by atoms with Gasteiger partial charge in [-0.3, -0.25) is 24.1 Å². The fourth-order valence-electron chi connectivity index (χ4n) is 8.49. The molecule has 2 aliphatic rings. The number of ether oxygens (including phenoxy) is 1. The van der Waals surface area contributed by atoms with Crippen LogP contribution in [0, 0.1) is 19.3 Å². The molecule has 2 aliphatic heterocycles. The first-order valence-electron chi connectivity index (χ1n) is 22.4. The van der Waals surface area contributed by atoms with Gasteiger partial charge in [-0.05, 0) is 61.1 Å². The first-order valence-corrected chi connectivity index (χ1v) is 23.3. The van der Waals surface area contributed by atoms with Gasteiger partial charge in [0.2, 0.25) is 17.7 Å². The molecule has 7 rings (SSSR count). The molecule has 0 bridgehead atoms. The van der Waals surface area contributed by atoms with Crippen molar-refractivity contribution >= 4 is 63.7 Å². The normalized spacial score (nSPS) is 17.3. The number of aromatic nitrogens is 3. The molecule has 354 valence electrons. The lowest BCUT2D eigenvalue weighted by molar-refractivity contribution is -0.144. The molecule has 4 amide bonds. The number of methoxy groups -OCH3 is 1. The number of para-hydroxylation sites is 2. The summed E-state index contributed by atoms with van der Waals surface area (Å²) in [6.07, 6.45) is 2.55. The smallest absolute Gasteiger partial charge is 0.254 e. The lowest BCUT2D eigenvalue weighted by Crippen LogP contribution is -2.59. The van der Waals surface area contributed by atoms with Gasteiger partial charge in [0, 0.05) is 58.5 Å². The van der Waals surface area contributed by atoms with Crippen molar-refractivity contribution in [1.82, 2.24) is 40.7 Å². The molecule has 17 nitrogen and oxygen atoms in total. The highest BCUT2D eigenvalue weighted by atomic mass is 32.1. The van der Waals surface area contributed by atoms with Crippen molar-refractivity contribution in [2.45, 2.75) is 72.2 Å². The number of aryl methyl sites for hydroxylation is 2. The lowest BCUT2D eigenvalue weighted by atomic mass is 9.85. The fraction of sp³-hybridized carbons (Fsp3) is 0.408. The molecule has 0 radical (unpaired) electrons. The molecule has 0 saturated carbocycles. The van der Waals surface area contributed by atoms with E-state index in [9.17, 15) is 24.3 Å². The zero-order chi connectivity index (χ0) is 48.0. The fourth-order valence-corrected chi connectivity index (χ4v) is 9.30. The summed E-state index contributed by atoms with van der Waals surface area (Å²) < 4.78 is 5.50. The predicted octanol–water partition coefficient (Wildman–Crippen LogP) is 5.56. The Bertz CT molecular complexity index is 2570. The van der Waals surface area contributed by atoms with E-state index in [4.69, 9.17) is 9.72 Å². The number of rotatable bonds is 15. The van der Waals surface area contributed by atoms with E-state index in [0.29, 0.717) is 60.5 Å². The number of thiazole rings is 1. The van der Waals surface area contributed by atoms with Crippen LogP contribution in [0.2, 0.25) is 0 Å². The van der Waals surface area contributed by atoms with Gasteiger partial charge >= 0.3 is 0 Å². The molecular formula is C49H61N11O6S. The molecule has 0 aliphatic carbocycles. The van der Waals surface area contributed by atoms with E-state index in [0.717, 1.165) is 32.9 Å². The van der Waals surface area contributed by atoms with Crippen LogP contribution in [0.15, 0.2) is 78.6 Å². The maximum Gasteiger partial charge on any atom is 0.254 e. The third-order valence-corrected chi connectivity index (χ3v) is 13.2. The molecular weight excluding hydrogens is 871 g/mol. The number of piperazine rings is 1. The maximum absolute atomic E-state index is 14.3. The Balaban J connectivity index is 0.930. The number of aliphatic hydroxyl groups excluding tert-OH is 1. The first kappa shape index (κ1) is 48.3. The number of likely N-dealkylation sites (tertiary alicyclic amines) is 1. The number of benzene rings is 2. The van der Waals surface area contributed by atoms with Crippen molar-refractivity contribution in [2.24, 2.45) is 5.41 Å². The molecule has 6 N–H and O–H groups in total. The summed E-state index contributed by atoms with van der Waals surface area (Å²) in [5.74, 6) is 0.354. The summed E-state index contributed by atoms with van der Waals surface area (Å²) in [5, 5.41) is 26.0. The molecule has 0 unspecified atom stereocenters. The molecule has 5 heterocycles. The van der Waals surface area contributed by atoms with E-state index in [1.165, 1.54) is 11.1 Å². The van der Waals surface area contributed by atoms with Gasteiger partial charge in [-0.1, -0.05) is 57.2 Å². The second-order valence-electron chi connectivity index (χ2n) is 18.1. The molecule has 2 saturated heterocycles. The Morgan fingerprint density at radius 1 is 0.896 bits per heavy atom. The van der Waals surface area contributed by atoms with Crippen LogP contribution in [-0.4, -0.2) is 125 Å². The van der Waals surface area contributed by atoms with Gasteiger partial charge in [0.15, 0.2) is 0 Å². The van der Waals surface area contributed by atoms with Gasteiger partial charge in [-0.2, -0.15) is 0 Å². The Morgan fingerprint density at radius 2 is 1.60 bits per heavy atom. The van der Waals surface area contributed by atoms with Crippen LogP contribution in [-0.2, 0) is 14.4 Å². The van der Waals surface area contributed by atoms with Gasteiger partial charge < -0.3 is 46.2 Å². The van der Waals surface area contributed by atoms with Crippen LogP contribution in [0.4, 0.5) is 28.7 Å². The topological polar surface area (TPSA) is 206 Å². The average molecular weight is 932 g/mol. The van der Waals surface area contributed by atoms with Crippen LogP contribution in [0.5, 0.6) is 5.75 Å². The summed E-state index contributed by atoms with van der Waals surface area (Å²) in [7, 11) is 3.15. The van der Waals surface area contributed by atoms with Crippen LogP contribution in [0.1, 0.15) is 67.3 Å². The number of carbonyl (C=O) groups is 4. The van der Waals surface area contributed by atoms with E-state index >= 15 is 0 Å². The van der Waals surface area contributed by atoms with Crippen LogP contribution in [0.3, 0.4) is 0 Å². The number of nitrogens with zero attached hydrogens (tertiary/aromatic N) is 6. The van der Waals surface area contributed by atoms with Crippen molar-refractivity contribution in [1.29, 1.82) is 0 Å². The second kappa shape index (κ2) is 20.9. The number of hydrogen-bond donors (Lipinski definition) is 6. The number of anilines is 5. The van der Waals surface area contributed by atoms with Gasteiger partial charge in [0.25, 0.3) is 5.91 Å². The van der Waals surface area contributed by atoms with Crippen molar-refractivity contribution in [3.63, 3.8) is 0 Å². The number of aliphatic hydroxyl groups is 1. The van der Waals surface area contributed by atoms with Crippen molar-refractivity contribution < 1.29 is 29.0 Å². The van der Waals surface area contributed by atoms with Crippen LogP contribution < -0.4 is 36.2 Å². The van der Waals surface area contributed by atoms with Gasteiger partial charge in [-0.15, -0.1) is 11.3 Å². The number of carbonyl (C=O) groups excluding carboxylic acids is 4. The van der Waals surface area contributed by atoms with Gasteiger partial charge in [-0.25, -0.2) is 15.0 Å². The van der Waals surface area contributed by atoms with E-state index in [2.05, 4.69) is 46.4 Å². The number of amides is 4. The SMILES string of the molecule is CNC(=O)c1cnc(Nc2cc(C)c(N3CCN(CC(=O)N[C@H](C(=O)N4C[C@H](O)C[C@H]4C(=O)N[C@@H](C)c4ccc(-c5scnc5C)cc4)C(C)(C)C)CC3)cn2)cc1Nc1ccccc1OC. The summed E-state index contributed by atoms with van der Waals surface area (Å²) >= 11 is 1.58. The lowest BCUT2D eigenvalue weighted by Gasteiger charge is -2.38. The summed E-state index contributed by atoms with van der Waals surface area (Å²) in [4.78, 5) is 74.7. The quantitative estimate of drug-likeness (QED) is 0.0762. The molecule has 2 fully saturated rings. The summed E-state index contributed by atoms with van der Waals surface area (Å²) in [5.41, 5.74) is 7.62. The number of hydrogen-bond acceptors (Lipinski definition) is 14.